The molecule has 1 aromatic rings. The molecule has 1 aromatic carbocycles. The number of ether oxygens (including phenoxy) is 1. The van der Waals surface area contributed by atoms with Gasteiger partial charge in [0.25, 0.3) is 0 Å². The second-order valence-corrected chi connectivity index (χ2v) is 9.97. The van der Waals surface area contributed by atoms with E-state index in [0.717, 1.165) is 61.1 Å². The fourth-order valence-electron chi connectivity index (χ4n) is 4.71. The van der Waals surface area contributed by atoms with Crippen molar-refractivity contribution in [2.75, 3.05) is 65.5 Å². The molecule has 7 nitrogen and oxygen atoms in total. The zero-order chi connectivity index (χ0) is 23.2. The lowest BCUT2D eigenvalue weighted by molar-refractivity contribution is -0.135. The molecule has 8 heteroatoms. The van der Waals surface area contributed by atoms with E-state index in [9.17, 15) is 9.59 Å². The van der Waals surface area contributed by atoms with Gasteiger partial charge in [0.15, 0.2) is 0 Å². The molecule has 2 saturated heterocycles. The third-order valence-electron chi connectivity index (χ3n) is 6.98. The fourth-order valence-corrected chi connectivity index (χ4v) is 5.09. The minimum absolute atomic E-state index is 0.00415. The first-order valence-electron chi connectivity index (χ1n) is 12.2. The first-order chi connectivity index (χ1) is 16.0. The van der Waals surface area contributed by atoms with Gasteiger partial charge in [-0.05, 0) is 44.0 Å². The summed E-state index contributed by atoms with van der Waals surface area (Å²) in [5.74, 6) is 0.984. The highest BCUT2D eigenvalue weighted by Gasteiger charge is 2.30. The van der Waals surface area contributed by atoms with Crippen LogP contribution in [0.2, 0.25) is 0 Å². The van der Waals surface area contributed by atoms with E-state index in [0.29, 0.717) is 26.2 Å². The van der Waals surface area contributed by atoms with Gasteiger partial charge in [0.1, 0.15) is 5.75 Å². The van der Waals surface area contributed by atoms with Gasteiger partial charge < -0.3 is 14.5 Å². The van der Waals surface area contributed by atoms with E-state index in [4.69, 9.17) is 4.74 Å². The maximum absolute atomic E-state index is 12.8. The normalized spacial score (nSPS) is 20.8. The monoisotopic (exact) mass is 518 g/mol. The van der Waals surface area contributed by atoms with E-state index in [2.05, 4.69) is 25.7 Å². The Morgan fingerprint density at radius 2 is 1.73 bits per heavy atom. The molecule has 1 saturated carbocycles. The predicted octanol–water partition coefficient (Wildman–Crippen LogP) is 2.70. The molecule has 2 aliphatic heterocycles. The molecule has 1 aliphatic carbocycles. The van der Waals surface area contributed by atoms with Crippen LogP contribution in [0, 0.1) is 0 Å². The third kappa shape index (κ3) is 6.37. The van der Waals surface area contributed by atoms with Gasteiger partial charge in [0.05, 0.1) is 13.2 Å². The SMILES string of the molecule is CCOc1ccc(Br)cc1C=CC(=O)N1CCN(CC(=O)N2CCN(C3CCC3)CC2)CC1. The number of hydrogen-bond acceptors (Lipinski definition) is 5. The molecule has 3 aliphatic rings. The van der Waals surface area contributed by atoms with E-state index in [1.807, 2.05) is 41.0 Å². The highest BCUT2D eigenvalue weighted by atomic mass is 79.9. The van der Waals surface area contributed by atoms with E-state index in [-0.39, 0.29) is 11.8 Å². The van der Waals surface area contributed by atoms with Gasteiger partial charge in [-0.3, -0.25) is 19.4 Å². The Labute approximate surface area is 205 Å². The third-order valence-corrected chi connectivity index (χ3v) is 7.47. The van der Waals surface area contributed by atoms with Gasteiger partial charge in [-0.15, -0.1) is 0 Å². The topological polar surface area (TPSA) is 56.3 Å². The van der Waals surface area contributed by atoms with Crippen LogP contribution in [0.3, 0.4) is 0 Å². The number of piperazine rings is 2. The summed E-state index contributed by atoms with van der Waals surface area (Å²) in [5.41, 5.74) is 0.876. The van der Waals surface area contributed by atoms with Crippen LogP contribution in [0.25, 0.3) is 6.08 Å². The van der Waals surface area contributed by atoms with Crippen LogP contribution >= 0.6 is 15.9 Å². The summed E-state index contributed by atoms with van der Waals surface area (Å²) in [6.07, 6.45) is 7.43. The van der Waals surface area contributed by atoms with Crippen molar-refractivity contribution in [1.82, 2.24) is 19.6 Å². The molecule has 2 heterocycles. The highest BCUT2D eigenvalue weighted by molar-refractivity contribution is 9.10. The van der Waals surface area contributed by atoms with E-state index in [1.165, 1.54) is 19.3 Å². The largest absolute Gasteiger partial charge is 0.493 e. The zero-order valence-corrected chi connectivity index (χ0v) is 21.1. The number of carbonyl (C=O) groups is 2. The Morgan fingerprint density at radius 1 is 1.03 bits per heavy atom. The van der Waals surface area contributed by atoms with Gasteiger partial charge in [0, 0.05) is 74.5 Å². The van der Waals surface area contributed by atoms with Crippen molar-refractivity contribution in [3.8, 4) is 5.75 Å². The van der Waals surface area contributed by atoms with E-state index in [1.54, 1.807) is 6.08 Å². The van der Waals surface area contributed by atoms with Crippen LogP contribution < -0.4 is 4.74 Å². The molecule has 0 aromatic heterocycles. The van der Waals surface area contributed by atoms with E-state index >= 15 is 0 Å². The first-order valence-corrected chi connectivity index (χ1v) is 13.0. The van der Waals surface area contributed by atoms with Crippen LogP contribution in [0.1, 0.15) is 31.7 Å². The molecule has 2 amide bonds. The smallest absolute Gasteiger partial charge is 0.246 e. The van der Waals surface area contributed by atoms with Crippen molar-refractivity contribution in [3.05, 3.63) is 34.3 Å². The molecule has 3 fully saturated rings. The van der Waals surface area contributed by atoms with Crippen molar-refractivity contribution < 1.29 is 14.3 Å². The zero-order valence-electron chi connectivity index (χ0n) is 19.5. The van der Waals surface area contributed by atoms with Crippen molar-refractivity contribution in [2.24, 2.45) is 0 Å². The second kappa shape index (κ2) is 11.5. The molecule has 180 valence electrons. The Balaban J connectivity index is 1.21. The quantitative estimate of drug-likeness (QED) is 0.519. The summed E-state index contributed by atoms with van der Waals surface area (Å²) in [5, 5.41) is 0. The van der Waals surface area contributed by atoms with Gasteiger partial charge in [-0.25, -0.2) is 0 Å². The van der Waals surface area contributed by atoms with Crippen molar-refractivity contribution >= 4 is 33.8 Å². The number of hydrogen-bond donors (Lipinski definition) is 0. The van der Waals surface area contributed by atoms with Gasteiger partial charge in [-0.1, -0.05) is 22.4 Å². The summed E-state index contributed by atoms with van der Waals surface area (Å²) >= 11 is 3.48. The lowest BCUT2D eigenvalue weighted by Crippen LogP contribution is -2.56. The summed E-state index contributed by atoms with van der Waals surface area (Å²) in [6, 6.07) is 6.54. The number of amides is 2. The van der Waals surface area contributed by atoms with Crippen molar-refractivity contribution in [1.29, 1.82) is 0 Å². The molecule has 0 spiro atoms. The van der Waals surface area contributed by atoms with E-state index < -0.39 is 0 Å². The summed E-state index contributed by atoms with van der Waals surface area (Å²) in [4.78, 5) is 34.1. The molecule has 0 bridgehead atoms. The standard InChI is InChI=1S/C25H35BrN4O3/c1-2-33-23-8-7-21(26)18-20(23)6-9-24(31)29-12-10-27(11-13-29)19-25(32)30-16-14-28(15-17-30)22-4-3-5-22/h6-9,18,22H,2-5,10-17,19H2,1H3. The fraction of sp³-hybridized carbons (Fsp3) is 0.600. The van der Waals surface area contributed by atoms with Gasteiger partial charge in [-0.2, -0.15) is 0 Å². The maximum Gasteiger partial charge on any atom is 0.246 e. The first kappa shape index (κ1) is 24.2. The molecule has 0 N–H and O–H groups in total. The summed E-state index contributed by atoms with van der Waals surface area (Å²) in [6.45, 7) is 9.43. The van der Waals surface area contributed by atoms with Crippen molar-refractivity contribution in [3.63, 3.8) is 0 Å². The Bertz CT molecular complexity index is 857. The maximum atomic E-state index is 12.8. The number of carbonyl (C=O) groups excluding carboxylic acids is 2. The predicted molar refractivity (Wildman–Crippen MR) is 133 cm³/mol. The van der Waals surface area contributed by atoms with Crippen LogP contribution in [-0.2, 0) is 9.59 Å². The van der Waals surface area contributed by atoms with Crippen LogP contribution in [0.4, 0.5) is 0 Å². The minimum Gasteiger partial charge on any atom is -0.493 e. The molecule has 4 rings (SSSR count). The van der Waals surface area contributed by atoms with Crippen LogP contribution in [0.15, 0.2) is 28.7 Å². The lowest BCUT2D eigenvalue weighted by atomic mass is 9.91. The molecular weight excluding hydrogens is 484 g/mol. The number of benzene rings is 1. The minimum atomic E-state index is -0.00415. The van der Waals surface area contributed by atoms with Crippen molar-refractivity contribution in [2.45, 2.75) is 32.2 Å². The summed E-state index contributed by atoms with van der Waals surface area (Å²) < 4.78 is 6.60. The molecule has 0 atom stereocenters. The van der Waals surface area contributed by atoms with Gasteiger partial charge >= 0.3 is 0 Å². The lowest BCUT2D eigenvalue weighted by Gasteiger charge is -2.43. The average Bonchev–Trinajstić information content (AvgIpc) is 2.79. The highest BCUT2D eigenvalue weighted by Crippen LogP contribution is 2.26. The molecule has 0 radical (unpaired) electrons. The van der Waals surface area contributed by atoms with Gasteiger partial charge in [0.2, 0.25) is 11.8 Å². The second-order valence-electron chi connectivity index (χ2n) is 9.05. The molecule has 33 heavy (non-hydrogen) atoms. The van der Waals surface area contributed by atoms with Crippen LogP contribution in [-0.4, -0.2) is 103 Å². The number of rotatable bonds is 7. The van der Waals surface area contributed by atoms with Crippen LogP contribution in [0.5, 0.6) is 5.75 Å². The Hall–Kier alpha value is -1.90. The Morgan fingerprint density at radius 3 is 2.36 bits per heavy atom. The molecule has 0 unspecified atom stereocenters. The number of halogens is 1. The number of nitrogens with zero attached hydrogens (tertiary/aromatic N) is 4. The average molecular weight is 519 g/mol. The summed E-state index contributed by atoms with van der Waals surface area (Å²) in [7, 11) is 0. The molecular formula is C25H35BrN4O3. The Kier molecular flexibility index (Phi) is 8.44.